The first-order valence-corrected chi connectivity index (χ1v) is 11.4. The van der Waals surface area contributed by atoms with Gasteiger partial charge in [0, 0.05) is 51.3 Å². The Morgan fingerprint density at radius 1 is 0.875 bits per heavy atom. The molecule has 5 heteroatoms. The molecule has 1 N–H and O–H groups in total. The summed E-state index contributed by atoms with van der Waals surface area (Å²) in [7, 11) is 0. The summed E-state index contributed by atoms with van der Waals surface area (Å²) >= 11 is 0. The van der Waals surface area contributed by atoms with Crippen molar-refractivity contribution in [2.75, 3.05) is 32.7 Å². The van der Waals surface area contributed by atoms with Gasteiger partial charge in [-0.15, -0.1) is 0 Å². The van der Waals surface area contributed by atoms with Gasteiger partial charge in [-0.05, 0) is 41.8 Å². The van der Waals surface area contributed by atoms with Crippen LogP contribution in [0.4, 0.5) is 0 Å². The van der Waals surface area contributed by atoms with Crippen LogP contribution in [-0.4, -0.2) is 54.3 Å². The second-order valence-electron chi connectivity index (χ2n) is 8.56. The third-order valence-corrected chi connectivity index (χ3v) is 6.10. The number of nitrogens with one attached hydrogen (secondary N) is 1. The van der Waals surface area contributed by atoms with E-state index in [9.17, 15) is 9.59 Å². The van der Waals surface area contributed by atoms with Gasteiger partial charge in [0.15, 0.2) is 0 Å². The molecule has 1 fully saturated rings. The highest BCUT2D eigenvalue weighted by molar-refractivity contribution is 5.98. The second kappa shape index (κ2) is 10.4. The fourth-order valence-corrected chi connectivity index (χ4v) is 4.20. The van der Waals surface area contributed by atoms with E-state index in [1.54, 1.807) is 0 Å². The molecule has 1 aliphatic rings. The van der Waals surface area contributed by atoms with Crippen molar-refractivity contribution in [1.29, 1.82) is 0 Å². The average molecular weight is 430 g/mol. The van der Waals surface area contributed by atoms with E-state index in [-0.39, 0.29) is 11.8 Å². The Hall–Kier alpha value is -3.18. The van der Waals surface area contributed by atoms with Gasteiger partial charge in [-0.25, -0.2) is 0 Å². The first kappa shape index (κ1) is 22.0. The van der Waals surface area contributed by atoms with Crippen molar-refractivity contribution in [3.8, 4) is 0 Å². The van der Waals surface area contributed by atoms with Gasteiger partial charge in [0.25, 0.3) is 5.91 Å². The molecule has 0 bridgehead atoms. The van der Waals surface area contributed by atoms with E-state index in [4.69, 9.17) is 0 Å². The summed E-state index contributed by atoms with van der Waals surface area (Å²) in [4.78, 5) is 29.6. The second-order valence-corrected chi connectivity index (χ2v) is 8.56. The van der Waals surface area contributed by atoms with E-state index in [0.29, 0.717) is 18.5 Å². The third kappa shape index (κ3) is 5.74. The van der Waals surface area contributed by atoms with Crippen LogP contribution in [0.3, 0.4) is 0 Å². The third-order valence-electron chi connectivity index (χ3n) is 6.10. The molecule has 4 rings (SSSR count). The Morgan fingerprint density at radius 2 is 1.66 bits per heavy atom. The number of carbonyl (C=O) groups excluding carboxylic acids is 2. The summed E-state index contributed by atoms with van der Waals surface area (Å²) in [5, 5.41) is 5.04. The zero-order valence-electron chi connectivity index (χ0n) is 18.7. The molecule has 0 aromatic heterocycles. The lowest BCUT2D eigenvalue weighted by Gasteiger charge is -2.22. The molecule has 0 radical (unpaired) electrons. The van der Waals surface area contributed by atoms with Gasteiger partial charge in [0.05, 0.1) is 0 Å². The smallest absolute Gasteiger partial charge is 0.251 e. The van der Waals surface area contributed by atoms with Crippen molar-refractivity contribution in [2.24, 2.45) is 0 Å². The molecule has 1 heterocycles. The molecule has 0 spiro atoms. The number of nitrogens with zero attached hydrogens (tertiary/aromatic N) is 2. The van der Waals surface area contributed by atoms with E-state index >= 15 is 0 Å². The SMILES string of the molecule is Cc1ccc(CN2CCCN(C(=O)CCNC(=O)c3ccc4ccccc4c3)CC2)cc1. The van der Waals surface area contributed by atoms with Crippen LogP contribution in [0.2, 0.25) is 0 Å². The normalized spacial score (nSPS) is 14.8. The van der Waals surface area contributed by atoms with Crippen LogP contribution in [0, 0.1) is 6.92 Å². The molecule has 0 aliphatic carbocycles. The Bertz CT molecular complexity index is 1080. The minimum Gasteiger partial charge on any atom is -0.352 e. The first-order valence-electron chi connectivity index (χ1n) is 11.4. The number of aryl methyl sites for hydroxylation is 1. The number of amides is 2. The number of carbonyl (C=O) groups is 2. The summed E-state index contributed by atoms with van der Waals surface area (Å²) < 4.78 is 0. The van der Waals surface area contributed by atoms with Gasteiger partial charge in [-0.1, -0.05) is 60.2 Å². The Labute approximate surface area is 190 Å². The predicted octanol–water partition coefficient (Wildman–Crippen LogP) is 4.00. The van der Waals surface area contributed by atoms with E-state index in [1.807, 2.05) is 47.4 Å². The van der Waals surface area contributed by atoms with Gasteiger partial charge in [0.1, 0.15) is 0 Å². The Morgan fingerprint density at radius 3 is 2.47 bits per heavy atom. The molecule has 3 aromatic rings. The molecule has 1 saturated heterocycles. The lowest BCUT2D eigenvalue weighted by molar-refractivity contribution is -0.130. The van der Waals surface area contributed by atoms with E-state index < -0.39 is 0 Å². The molecule has 3 aromatic carbocycles. The largest absolute Gasteiger partial charge is 0.352 e. The summed E-state index contributed by atoms with van der Waals surface area (Å²) in [6, 6.07) is 22.3. The van der Waals surface area contributed by atoms with Crippen molar-refractivity contribution in [1.82, 2.24) is 15.1 Å². The van der Waals surface area contributed by atoms with Crippen LogP contribution >= 0.6 is 0 Å². The molecule has 2 amide bonds. The number of fused-ring (bicyclic) bond motifs is 1. The van der Waals surface area contributed by atoms with Crippen LogP contribution in [0.1, 0.15) is 34.3 Å². The summed E-state index contributed by atoms with van der Waals surface area (Å²) in [5.41, 5.74) is 3.21. The maximum Gasteiger partial charge on any atom is 0.251 e. The number of hydrogen-bond donors (Lipinski definition) is 1. The lowest BCUT2D eigenvalue weighted by Crippen LogP contribution is -2.37. The van der Waals surface area contributed by atoms with Crippen LogP contribution in [0.25, 0.3) is 10.8 Å². The highest BCUT2D eigenvalue weighted by Crippen LogP contribution is 2.16. The van der Waals surface area contributed by atoms with Crippen molar-refractivity contribution >= 4 is 22.6 Å². The standard InChI is InChI=1S/C27H31N3O2/c1-21-7-9-22(10-8-21)20-29-15-4-16-30(18-17-29)26(31)13-14-28-27(32)25-12-11-23-5-2-3-6-24(23)19-25/h2-3,5-12,19H,4,13-18,20H2,1H3,(H,28,32). The van der Waals surface area contributed by atoms with Crippen molar-refractivity contribution in [3.05, 3.63) is 83.4 Å². The highest BCUT2D eigenvalue weighted by atomic mass is 16.2. The van der Waals surface area contributed by atoms with E-state index in [0.717, 1.165) is 49.9 Å². The fourth-order valence-electron chi connectivity index (χ4n) is 4.20. The van der Waals surface area contributed by atoms with Gasteiger partial charge in [-0.3, -0.25) is 14.5 Å². The molecule has 166 valence electrons. The van der Waals surface area contributed by atoms with Gasteiger partial charge in [0.2, 0.25) is 5.91 Å². The molecular formula is C27H31N3O2. The number of benzene rings is 3. The fraction of sp³-hybridized carbons (Fsp3) is 0.333. The summed E-state index contributed by atoms with van der Waals surface area (Å²) in [5.74, 6) is -0.0234. The van der Waals surface area contributed by atoms with Gasteiger partial charge >= 0.3 is 0 Å². The molecule has 0 saturated carbocycles. The summed E-state index contributed by atoms with van der Waals surface area (Å²) in [6.07, 6.45) is 1.30. The zero-order valence-corrected chi connectivity index (χ0v) is 18.7. The Balaban J connectivity index is 1.23. The quantitative estimate of drug-likeness (QED) is 0.644. The minimum absolute atomic E-state index is 0.112. The minimum atomic E-state index is -0.135. The molecule has 32 heavy (non-hydrogen) atoms. The summed E-state index contributed by atoms with van der Waals surface area (Å²) in [6.45, 7) is 6.77. The molecular weight excluding hydrogens is 398 g/mol. The molecule has 1 aliphatic heterocycles. The molecule has 0 unspecified atom stereocenters. The first-order chi connectivity index (χ1) is 15.6. The van der Waals surface area contributed by atoms with Crippen molar-refractivity contribution in [3.63, 3.8) is 0 Å². The van der Waals surface area contributed by atoms with Gasteiger partial charge < -0.3 is 10.2 Å². The number of hydrogen-bond acceptors (Lipinski definition) is 3. The van der Waals surface area contributed by atoms with E-state index in [2.05, 4.69) is 41.4 Å². The molecule has 0 atom stereocenters. The van der Waals surface area contributed by atoms with Crippen molar-refractivity contribution in [2.45, 2.75) is 26.3 Å². The Kier molecular flexibility index (Phi) is 7.17. The molecule has 5 nitrogen and oxygen atoms in total. The highest BCUT2D eigenvalue weighted by Gasteiger charge is 2.19. The van der Waals surface area contributed by atoms with Gasteiger partial charge in [-0.2, -0.15) is 0 Å². The monoisotopic (exact) mass is 429 g/mol. The average Bonchev–Trinajstić information content (AvgIpc) is 3.06. The number of rotatable bonds is 6. The van der Waals surface area contributed by atoms with Crippen molar-refractivity contribution < 1.29 is 9.59 Å². The lowest BCUT2D eigenvalue weighted by atomic mass is 10.1. The van der Waals surface area contributed by atoms with Crippen LogP contribution < -0.4 is 5.32 Å². The maximum atomic E-state index is 12.7. The predicted molar refractivity (Wildman–Crippen MR) is 129 cm³/mol. The zero-order chi connectivity index (χ0) is 22.3. The topological polar surface area (TPSA) is 52.6 Å². The van der Waals surface area contributed by atoms with Crippen LogP contribution in [0.15, 0.2) is 66.7 Å². The van der Waals surface area contributed by atoms with Crippen LogP contribution in [-0.2, 0) is 11.3 Å². The van der Waals surface area contributed by atoms with E-state index in [1.165, 1.54) is 11.1 Å². The maximum absolute atomic E-state index is 12.7. The van der Waals surface area contributed by atoms with Crippen LogP contribution in [0.5, 0.6) is 0 Å².